The Morgan fingerprint density at radius 2 is 1.96 bits per heavy atom. The fourth-order valence-electron chi connectivity index (χ4n) is 2.33. The van der Waals surface area contributed by atoms with Crippen molar-refractivity contribution >= 4 is 63.3 Å². The van der Waals surface area contributed by atoms with Crippen LogP contribution in [0.2, 0.25) is 5.02 Å². The monoisotopic (exact) mass is 406 g/mol. The summed E-state index contributed by atoms with van der Waals surface area (Å²) >= 11 is 12.3. The number of halogens is 1. The Hall–Kier alpha value is -2.42. The van der Waals surface area contributed by atoms with Crippen LogP contribution in [0.25, 0.3) is 6.08 Å². The Balaban J connectivity index is 1.92. The van der Waals surface area contributed by atoms with Crippen molar-refractivity contribution in [2.45, 2.75) is 0 Å². The number of carbonyl (C=O) groups excluding carboxylic acids is 1. The molecule has 2 aromatic rings. The third-order valence-electron chi connectivity index (χ3n) is 3.59. The molecule has 3 rings (SSSR count). The van der Waals surface area contributed by atoms with Crippen molar-refractivity contribution in [2.24, 2.45) is 0 Å². The first-order valence-corrected chi connectivity index (χ1v) is 8.87. The van der Waals surface area contributed by atoms with Gasteiger partial charge in [-0.3, -0.25) is 19.8 Å². The number of rotatable bonds is 4. The molecule has 2 aromatic carbocycles. The van der Waals surface area contributed by atoms with E-state index in [0.717, 1.165) is 11.8 Å². The van der Waals surface area contributed by atoms with Crippen LogP contribution in [0.3, 0.4) is 0 Å². The van der Waals surface area contributed by atoms with Gasteiger partial charge in [0.25, 0.3) is 11.6 Å². The number of methoxy groups -OCH3 is 1. The van der Waals surface area contributed by atoms with Gasteiger partial charge in [-0.15, -0.1) is 0 Å². The Labute approximate surface area is 163 Å². The standard InChI is InChI=1S/C17H11ClN2O4S2/c1-24-12-5-3-11(4-6-12)19-16(21)15(26-17(19)25)9-10-2-7-13(18)14(8-10)20(22)23/h2-9H,1H3/b15-9-. The average molecular weight is 407 g/mol. The molecule has 0 saturated carbocycles. The molecule has 1 saturated heterocycles. The van der Waals surface area contributed by atoms with Crippen LogP contribution in [-0.4, -0.2) is 22.3 Å². The number of thiocarbonyl (C=S) groups is 1. The molecule has 1 amide bonds. The second-order valence-corrected chi connectivity index (χ2v) is 7.27. The second kappa shape index (κ2) is 7.45. The third kappa shape index (κ3) is 3.57. The number of hydrogen-bond donors (Lipinski definition) is 0. The number of ether oxygens (including phenoxy) is 1. The lowest BCUT2D eigenvalue weighted by Crippen LogP contribution is -2.27. The van der Waals surface area contributed by atoms with Gasteiger partial charge in [-0.05, 0) is 42.0 Å². The topological polar surface area (TPSA) is 72.7 Å². The highest BCUT2D eigenvalue weighted by Crippen LogP contribution is 2.37. The van der Waals surface area contributed by atoms with E-state index in [2.05, 4.69) is 0 Å². The minimum atomic E-state index is -0.567. The molecular formula is C17H11ClN2O4S2. The van der Waals surface area contributed by atoms with Crippen molar-refractivity contribution in [2.75, 3.05) is 12.0 Å². The van der Waals surface area contributed by atoms with E-state index in [0.29, 0.717) is 26.2 Å². The molecule has 0 unspecified atom stereocenters. The van der Waals surface area contributed by atoms with E-state index in [1.807, 2.05) is 0 Å². The summed E-state index contributed by atoms with van der Waals surface area (Å²) in [6.45, 7) is 0. The molecule has 0 atom stereocenters. The first-order chi connectivity index (χ1) is 12.4. The Morgan fingerprint density at radius 3 is 2.58 bits per heavy atom. The summed E-state index contributed by atoms with van der Waals surface area (Å²) in [6, 6.07) is 11.3. The maximum atomic E-state index is 12.7. The van der Waals surface area contributed by atoms with Gasteiger partial charge in [0.05, 0.1) is 22.6 Å². The molecule has 1 heterocycles. The fourth-order valence-corrected chi connectivity index (χ4v) is 3.82. The van der Waals surface area contributed by atoms with E-state index in [4.69, 9.17) is 28.6 Å². The number of anilines is 1. The van der Waals surface area contributed by atoms with Gasteiger partial charge in [-0.1, -0.05) is 41.6 Å². The molecule has 0 aliphatic carbocycles. The number of carbonyl (C=O) groups is 1. The number of nitro groups is 1. The number of nitrogens with zero attached hydrogens (tertiary/aromatic N) is 2. The van der Waals surface area contributed by atoms with E-state index in [9.17, 15) is 14.9 Å². The maximum absolute atomic E-state index is 12.7. The van der Waals surface area contributed by atoms with Crippen LogP contribution < -0.4 is 9.64 Å². The number of nitro benzene ring substituents is 1. The molecule has 6 nitrogen and oxygen atoms in total. The van der Waals surface area contributed by atoms with Crippen LogP contribution in [0.15, 0.2) is 47.4 Å². The van der Waals surface area contributed by atoms with Gasteiger partial charge in [-0.2, -0.15) is 0 Å². The van der Waals surface area contributed by atoms with Crippen LogP contribution in [0.5, 0.6) is 5.75 Å². The van der Waals surface area contributed by atoms with E-state index >= 15 is 0 Å². The highest BCUT2D eigenvalue weighted by molar-refractivity contribution is 8.27. The maximum Gasteiger partial charge on any atom is 0.288 e. The van der Waals surface area contributed by atoms with Gasteiger partial charge < -0.3 is 4.74 Å². The minimum absolute atomic E-state index is 0.0398. The predicted octanol–water partition coefficient (Wildman–Crippen LogP) is 4.66. The molecule has 132 valence electrons. The molecule has 1 fully saturated rings. The van der Waals surface area contributed by atoms with E-state index < -0.39 is 4.92 Å². The number of hydrogen-bond acceptors (Lipinski definition) is 6. The summed E-state index contributed by atoms with van der Waals surface area (Å²) in [4.78, 5) is 24.9. The summed E-state index contributed by atoms with van der Waals surface area (Å²) in [5.74, 6) is 0.381. The summed E-state index contributed by atoms with van der Waals surface area (Å²) in [5.41, 5.74) is 0.904. The molecule has 1 aliphatic rings. The molecule has 0 spiro atoms. The lowest BCUT2D eigenvalue weighted by Gasteiger charge is -2.14. The zero-order chi connectivity index (χ0) is 18.8. The molecule has 0 radical (unpaired) electrons. The van der Waals surface area contributed by atoms with Gasteiger partial charge in [0.1, 0.15) is 10.8 Å². The van der Waals surface area contributed by atoms with E-state index in [-0.39, 0.29) is 16.6 Å². The first-order valence-electron chi connectivity index (χ1n) is 7.26. The molecular weight excluding hydrogens is 396 g/mol. The highest BCUT2D eigenvalue weighted by Gasteiger charge is 2.33. The van der Waals surface area contributed by atoms with Crippen LogP contribution in [0.1, 0.15) is 5.56 Å². The second-order valence-electron chi connectivity index (χ2n) is 5.18. The first kappa shape index (κ1) is 18.4. The number of thioether (sulfide) groups is 1. The normalized spacial score (nSPS) is 15.6. The molecule has 1 aliphatic heterocycles. The van der Waals surface area contributed by atoms with Crippen molar-refractivity contribution in [3.63, 3.8) is 0 Å². The molecule has 0 bridgehead atoms. The Bertz CT molecular complexity index is 944. The van der Waals surface area contributed by atoms with Crippen molar-refractivity contribution in [1.82, 2.24) is 0 Å². The Kier molecular flexibility index (Phi) is 5.26. The smallest absolute Gasteiger partial charge is 0.288 e. The van der Waals surface area contributed by atoms with Crippen LogP contribution in [0, 0.1) is 10.1 Å². The van der Waals surface area contributed by atoms with Gasteiger partial charge in [0.2, 0.25) is 0 Å². The lowest BCUT2D eigenvalue weighted by atomic mass is 10.2. The van der Waals surface area contributed by atoms with Gasteiger partial charge in [0, 0.05) is 6.07 Å². The van der Waals surface area contributed by atoms with Crippen LogP contribution >= 0.6 is 35.6 Å². The lowest BCUT2D eigenvalue weighted by molar-refractivity contribution is -0.384. The van der Waals surface area contributed by atoms with Crippen LogP contribution in [0.4, 0.5) is 11.4 Å². The zero-order valence-electron chi connectivity index (χ0n) is 13.3. The van der Waals surface area contributed by atoms with Gasteiger partial charge >= 0.3 is 0 Å². The zero-order valence-corrected chi connectivity index (χ0v) is 15.7. The molecule has 26 heavy (non-hydrogen) atoms. The van der Waals surface area contributed by atoms with E-state index in [1.165, 1.54) is 17.0 Å². The molecule has 0 aromatic heterocycles. The van der Waals surface area contributed by atoms with Crippen molar-refractivity contribution in [1.29, 1.82) is 0 Å². The van der Waals surface area contributed by atoms with Crippen molar-refractivity contribution < 1.29 is 14.5 Å². The molecule has 9 heteroatoms. The quantitative estimate of drug-likeness (QED) is 0.318. The SMILES string of the molecule is COc1ccc(N2C(=O)/C(=C/c3ccc(Cl)c([N+](=O)[O-])c3)SC2=S)cc1. The third-order valence-corrected chi connectivity index (χ3v) is 5.21. The molecule has 0 N–H and O–H groups in total. The summed E-state index contributed by atoms with van der Waals surface area (Å²) < 4.78 is 5.49. The average Bonchev–Trinajstić information content (AvgIpc) is 2.90. The van der Waals surface area contributed by atoms with Gasteiger partial charge in [-0.25, -0.2) is 0 Å². The highest BCUT2D eigenvalue weighted by atomic mass is 35.5. The van der Waals surface area contributed by atoms with Crippen molar-refractivity contribution in [3.05, 3.63) is 68.1 Å². The van der Waals surface area contributed by atoms with E-state index in [1.54, 1.807) is 43.5 Å². The Morgan fingerprint density at radius 1 is 1.27 bits per heavy atom. The summed E-state index contributed by atoms with van der Waals surface area (Å²) in [7, 11) is 1.56. The fraction of sp³-hybridized carbons (Fsp3) is 0.0588. The number of amides is 1. The minimum Gasteiger partial charge on any atom is -0.497 e. The number of benzene rings is 2. The summed E-state index contributed by atoms with van der Waals surface area (Å²) in [6.07, 6.45) is 1.56. The van der Waals surface area contributed by atoms with Gasteiger partial charge in [0.15, 0.2) is 4.32 Å². The largest absolute Gasteiger partial charge is 0.497 e. The van der Waals surface area contributed by atoms with Crippen molar-refractivity contribution in [3.8, 4) is 5.75 Å². The summed E-state index contributed by atoms with van der Waals surface area (Å²) in [5, 5.41) is 11.0. The van der Waals surface area contributed by atoms with Crippen LogP contribution in [-0.2, 0) is 4.79 Å². The predicted molar refractivity (Wildman–Crippen MR) is 107 cm³/mol.